The van der Waals surface area contributed by atoms with Crippen LogP contribution in [0, 0.1) is 0 Å². The summed E-state index contributed by atoms with van der Waals surface area (Å²) in [6.45, 7) is 2.46. The molecule has 0 spiro atoms. The van der Waals surface area contributed by atoms with E-state index in [0.717, 1.165) is 22.3 Å². The molecule has 18 heavy (non-hydrogen) atoms. The van der Waals surface area contributed by atoms with Gasteiger partial charge >= 0.3 is 0 Å². The number of hydrogen-bond donors (Lipinski definition) is 0. The monoisotopic (exact) mass is 290 g/mol. The minimum Gasteiger partial charge on any atom is -0.383 e. The van der Waals surface area contributed by atoms with Crippen LogP contribution in [0.4, 0.5) is 0 Å². The molecule has 0 fully saturated rings. The maximum Gasteiger partial charge on any atom is 0.236 e. The number of thiophene rings is 1. The van der Waals surface area contributed by atoms with E-state index in [-0.39, 0.29) is 5.91 Å². The number of nitrogens with zero attached hydrogens (tertiary/aromatic N) is 2. The van der Waals surface area contributed by atoms with Gasteiger partial charge in [0.15, 0.2) is 0 Å². The van der Waals surface area contributed by atoms with Crippen molar-refractivity contribution in [3.8, 4) is 0 Å². The Morgan fingerprint density at radius 3 is 2.67 bits per heavy atom. The van der Waals surface area contributed by atoms with Gasteiger partial charge in [0.1, 0.15) is 0 Å². The molecule has 0 unspecified atom stereocenters. The van der Waals surface area contributed by atoms with E-state index in [9.17, 15) is 4.79 Å². The molecule has 1 aromatic heterocycles. The summed E-state index contributed by atoms with van der Waals surface area (Å²) in [5, 5.41) is 0. The summed E-state index contributed by atoms with van der Waals surface area (Å²) in [7, 11) is 5.19. The van der Waals surface area contributed by atoms with Crippen LogP contribution in [0.5, 0.6) is 0 Å². The Morgan fingerprint density at radius 1 is 1.44 bits per heavy atom. The van der Waals surface area contributed by atoms with Crippen molar-refractivity contribution in [1.82, 2.24) is 9.80 Å². The maximum absolute atomic E-state index is 11.7. The molecule has 102 valence electrons. The van der Waals surface area contributed by atoms with Crippen molar-refractivity contribution in [1.29, 1.82) is 0 Å². The Balaban J connectivity index is 2.57. The summed E-state index contributed by atoms with van der Waals surface area (Å²) in [6.07, 6.45) is 0. The standard InChI is InChI=1S/C12H19ClN2O2S/c1-14(2)12(16)9-15(6-7-17-3)8-10-4-5-11(13)18-10/h4-5H,6-9H2,1-3H3. The van der Waals surface area contributed by atoms with E-state index < -0.39 is 0 Å². The number of carbonyl (C=O) groups excluding carboxylic acids is 1. The SMILES string of the molecule is COCCN(CC(=O)N(C)C)Cc1ccc(Cl)s1. The normalized spacial score (nSPS) is 10.9. The van der Waals surface area contributed by atoms with Crippen LogP contribution in [0.3, 0.4) is 0 Å². The molecule has 0 aliphatic rings. The summed E-state index contributed by atoms with van der Waals surface area (Å²) in [4.78, 5) is 16.5. The Bertz CT molecular complexity index is 382. The molecule has 0 saturated heterocycles. The van der Waals surface area contributed by atoms with Gasteiger partial charge in [0.05, 0.1) is 17.5 Å². The van der Waals surface area contributed by atoms with Gasteiger partial charge in [0, 0.05) is 39.2 Å². The van der Waals surface area contributed by atoms with Gasteiger partial charge in [0.25, 0.3) is 0 Å². The number of amides is 1. The molecule has 6 heteroatoms. The third kappa shape index (κ3) is 5.35. The number of carbonyl (C=O) groups is 1. The lowest BCUT2D eigenvalue weighted by Crippen LogP contribution is -2.37. The second-order valence-corrected chi connectivity index (χ2v) is 6.00. The number of ether oxygens (including phenoxy) is 1. The van der Waals surface area contributed by atoms with Crippen molar-refractivity contribution in [2.45, 2.75) is 6.54 Å². The molecule has 0 bridgehead atoms. The minimum absolute atomic E-state index is 0.0914. The fourth-order valence-corrected chi connectivity index (χ4v) is 2.55. The quantitative estimate of drug-likeness (QED) is 0.769. The summed E-state index contributed by atoms with van der Waals surface area (Å²) in [6, 6.07) is 3.87. The average Bonchev–Trinajstić information content (AvgIpc) is 2.71. The Morgan fingerprint density at radius 2 is 2.17 bits per heavy atom. The van der Waals surface area contributed by atoms with Gasteiger partial charge in [-0.15, -0.1) is 11.3 Å². The highest BCUT2D eigenvalue weighted by atomic mass is 35.5. The van der Waals surface area contributed by atoms with Crippen LogP contribution in [0.25, 0.3) is 0 Å². The highest BCUT2D eigenvalue weighted by Crippen LogP contribution is 2.22. The lowest BCUT2D eigenvalue weighted by molar-refractivity contribution is -0.130. The van der Waals surface area contributed by atoms with Crippen molar-refractivity contribution < 1.29 is 9.53 Å². The van der Waals surface area contributed by atoms with Crippen molar-refractivity contribution in [2.24, 2.45) is 0 Å². The van der Waals surface area contributed by atoms with Gasteiger partial charge in [-0.3, -0.25) is 9.69 Å². The molecule has 4 nitrogen and oxygen atoms in total. The largest absolute Gasteiger partial charge is 0.383 e. The molecule has 0 atom stereocenters. The first-order valence-corrected chi connectivity index (χ1v) is 6.88. The zero-order valence-electron chi connectivity index (χ0n) is 11.0. The first kappa shape index (κ1) is 15.4. The van der Waals surface area contributed by atoms with Gasteiger partial charge in [-0.1, -0.05) is 11.6 Å². The van der Waals surface area contributed by atoms with E-state index in [4.69, 9.17) is 16.3 Å². The van der Waals surface area contributed by atoms with Gasteiger partial charge in [-0.25, -0.2) is 0 Å². The molecule has 0 aliphatic heterocycles. The maximum atomic E-state index is 11.7. The predicted octanol–water partition coefficient (Wildman–Crippen LogP) is 1.94. The molecule has 0 aliphatic carbocycles. The lowest BCUT2D eigenvalue weighted by atomic mass is 10.3. The second kappa shape index (κ2) is 7.74. The van der Waals surface area contributed by atoms with Crippen molar-refractivity contribution >= 4 is 28.8 Å². The molecule has 0 saturated carbocycles. The van der Waals surface area contributed by atoms with E-state index in [1.165, 1.54) is 0 Å². The number of likely N-dealkylation sites (N-methyl/N-ethyl adjacent to an activating group) is 1. The average molecular weight is 291 g/mol. The van der Waals surface area contributed by atoms with Gasteiger partial charge in [-0.2, -0.15) is 0 Å². The number of hydrogen-bond acceptors (Lipinski definition) is 4. The zero-order valence-corrected chi connectivity index (χ0v) is 12.6. The zero-order chi connectivity index (χ0) is 13.5. The van der Waals surface area contributed by atoms with Crippen LogP contribution < -0.4 is 0 Å². The second-order valence-electron chi connectivity index (χ2n) is 4.20. The van der Waals surface area contributed by atoms with Crippen LogP contribution in [0.1, 0.15) is 4.88 Å². The molecule has 1 amide bonds. The van der Waals surface area contributed by atoms with Crippen LogP contribution in [0.2, 0.25) is 4.34 Å². The molecule has 1 rings (SSSR count). The first-order valence-electron chi connectivity index (χ1n) is 5.68. The smallest absolute Gasteiger partial charge is 0.236 e. The van der Waals surface area contributed by atoms with E-state index in [2.05, 4.69) is 4.90 Å². The summed E-state index contributed by atoms with van der Waals surface area (Å²) in [5.41, 5.74) is 0. The summed E-state index contributed by atoms with van der Waals surface area (Å²) < 4.78 is 5.84. The fourth-order valence-electron chi connectivity index (χ4n) is 1.42. The van der Waals surface area contributed by atoms with Crippen LogP contribution in [-0.4, -0.2) is 56.6 Å². The van der Waals surface area contributed by atoms with Gasteiger partial charge < -0.3 is 9.64 Å². The molecular formula is C12H19ClN2O2S. The Hall–Kier alpha value is -0.620. The topological polar surface area (TPSA) is 32.8 Å². The number of halogens is 1. The summed E-state index contributed by atoms with van der Waals surface area (Å²) >= 11 is 7.45. The van der Waals surface area contributed by atoms with E-state index in [1.807, 2.05) is 12.1 Å². The van der Waals surface area contributed by atoms with Crippen LogP contribution in [0.15, 0.2) is 12.1 Å². The lowest BCUT2D eigenvalue weighted by Gasteiger charge is -2.22. The third-order valence-corrected chi connectivity index (χ3v) is 3.69. The van der Waals surface area contributed by atoms with Crippen LogP contribution in [-0.2, 0) is 16.1 Å². The molecule has 1 heterocycles. The Kier molecular flexibility index (Phi) is 6.63. The summed E-state index contributed by atoms with van der Waals surface area (Å²) in [5.74, 6) is 0.0914. The van der Waals surface area contributed by atoms with Gasteiger partial charge in [-0.05, 0) is 12.1 Å². The first-order chi connectivity index (χ1) is 8.52. The van der Waals surface area contributed by atoms with Crippen molar-refractivity contribution in [3.05, 3.63) is 21.3 Å². The molecule has 0 N–H and O–H groups in total. The third-order valence-electron chi connectivity index (χ3n) is 2.48. The predicted molar refractivity (Wildman–Crippen MR) is 75.2 cm³/mol. The van der Waals surface area contributed by atoms with Crippen molar-refractivity contribution in [2.75, 3.05) is 40.9 Å². The van der Waals surface area contributed by atoms with Crippen LogP contribution >= 0.6 is 22.9 Å². The Labute approximate surface area is 117 Å². The highest BCUT2D eigenvalue weighted by molar-refractivity contribution is 7.16. The highest BCUT2D eigenvalue weighted by Gasteiger charge is 2.13. The van der Waals surface area contributed by atoms with Crippen molar-refractivity contribution in [3.63, 3.8) is 0 Å². The molecule has 0 radical (unpaired) electrons. The van der Waals surface area contributed by atoms with E-state index in [0.29, 0.717) is 13.2 Å². The molecule has 0 aromatic carbocycles. The van der Waals surface area contributed by atoms with Gasteiger partial charge in [0.2, 0.25) is 5.91 Å². The number of methoxy groups -OCH3 is 1. The van der Waals surface area contributed by atoms with E-state index >= 15 is 0 Å². The number of rotatable bonds is 7. The van der Waals surface area contributed by atoms with E-state index in [1.54, 1.807) is 37.4 Å². The molecule has 1 aromatic rings. The fraction of sp³-hybridized carbons (Fsp3) is 0.583. The molecular weight excluding hydrogens is 272 g/mol. The minimum atomic E-state index is 0.0914.